The second kappa shape index (κ2) is 14.5. The predicted octanol–water partition coefficient (Wildman–Crippen LogP) is 5.31. The van der Waals surface area contributed by atoms with Gasteiger partial charge in [-0.2, -0.15) is 0 Å². The van der Waals surface area contributed by atoms with Gasteiger partial charge in [-0.25, -0.2) is 0 Å². The van der Waals surface area contributed by atoms with Crippen molar-refractivity contribution in [2.45, 2.75) is 97.7 Å². The summed E-state index contributed by atoms with van der Waals surface area (Å²) in [7, 11) is 0. The predicted molar refractivity (Wildman–Crippen MR) is 94.1 cm³/mol. The van der Waals surface area contributed by atoms with E-state index in [2.05, 4.69) is 27.7 Å². The lowest BCUT2D eigenvalue weighted by atomic mass is 9.90. The average Bonchev–Trinajstić information content (AvgIpc) is 2.55. The molecule has 0 rings (SSSR count). The molecule has 0 saturated carbocycles. The Kier molecular flexibility index (Phi) is 14.4. The zero-order valence-corrected chi connectivity index (χ0v) is 15.5. The van der Waals surface area contributed by atoms with E-state index in [0.29, 0.717) is 13.2 Å². The highest BCUT2D eigenvalue weighted by atomic mass is 16.7. The summed E-state index contributed by atoms with van der Waals surface area (Å²) in [5.41, 5.74) is 0. The third-order valence-corrected chi connectivity index (χ3v) is 4.34. The summed E-state index contributed by atoms with van der Waals surface area (Å²) in [5, 5.41) is 9.87. The van der Waals surface area contributed by atoms with E-state index in [1.165, 1.54) is 32.1 Å². The van der Waals surface area contributed by atoms with Crippen molar-refractivity contribution < 1.29 is 14.6 Å². The van der Waals surface area contributed by atoms with Gasteiger partial charge in [-0.05, 0) is 25.7 Å². The molecule has 0 aliphatic carbocycles. The van der Waals surface area contributed by atoms with E-state index in [1.54, 1.807) is 0 Å². The number of hydrogen-bond acceptors (Lipinski definition) is 3. The second-order valence-electron chi connectivity index (χ2n) is 6.30. The number of aliphatic hydroxyl groups is 1. The van der Waals surface area contributed by atoms with Gasteiger partial charge in [-0.1, -0.05) is 66.2 Å². The third kappa shape index (κ3) is 8.50. The molecule has 3 heteroatoms. The van der Waals surface area contributed by atoms with Crippen molar-refractivity contribution in [3.63, 3.8) is 0 Å². The lowest BCUT2D eigenvalue weighted by Gasteiger charge is -2.39. The highest BCUT2D eigenvalue weighted by molar-refractivity contribution is 4.79. The minimum absolute atomic E-state index is 0.0850. The number of rotatable bonds is 16. The van der Waals surface area contributed by atoms with Crippen LogP contribution in [0.5, 0.6) is 0 Å². The molecule has 0 saturated heterocycles. The number of aliphatic hydroxyl groups excluding tert-OH is 1. The maximum Gasteiger partial charge on any atom is 0.172 e. The number of unbranched alkanes of at least 4 members (excludes halogenated alkanes) is 5. The first-order valence-corrected chi connectivity index (χ1v) is 9.59. The van der Waals surface area contributed by atoms with Crippen LogP contribution in [0.25, 0.3) is 0 Å². The molecule has 134 valence electrons. The summed E-state index contributed by atoms with van der Waals surface area (Å²) in [4.78, 5) is 0. The minimum Gasteiger partial charge on any atom is -0.396 e. The molecule has 3 nitrogen and oxygen atoms in total. The van der Waals surface area contributed by atoms with Gasteiger partial charge in [0.1, 0.15) is 0 Å². The highest BCUT2D eigenvalue weighted by Crippen LogP contribution is 2.32. The maximum atomic E-state index is 9.87. The normalized spacial score (nSPS) is 13.5. The van der Waals surface area contributed by atoms with Crippen LogP contribution in [0.1, 0.15) is 91.9 Å². The van der Waals surface area contributed by atoms with E-state index < -0.39 is 5.79 Å². The van der Waals surface area contributed by atoms with Crippen LogP contribution in [0.15, 0.2) is 0 Å². The summed E-state index contributed by atoms with van der Waals surface area (Å²) < 4.78 is 12.2. The SMILES string of the molecule is CCCCCCCCC(CO)C(CC)(OCCC)OCCC. The van der Waals surface area contributed by atoms with Crippen LogP contribution in [-0.2, 0) is 9.47 Å². The van der Waals surface area contributed by atoms with Crippen LogP contribution >= 0.6 is 0 Å². The van der Waals surface area contributed by atoms with Crippen LogP contribution < -0.4 is 0 Å². The Hall–Kier alpha value is -0.120. The van der Waals surface area contributed by atoms with Crippen LogP contribution in [0, 0.1) is 5.92 Å². The van der Waals surface area contributed by atoms with Crippen molar-refractivity contribution in [2.75, 3.05) is 19.8 Å². The fourth-order valence-electron chi connectivity index (χ4n) is 2.94. The molecule has 0 aromatic heterocycles. The zero-order valence-electron chi connectivity index (χ0n) is 15.5. The first-order chi connectivity index (χ1) is 10.7. The quantitative estimate of drug-likeness (QED) is 0.310. The molecule has 0 amide bonds. The molecule has 0 heterocycles. The van der Waals surface area contributed by atoms with Gasteiger partial charge in [-0.15, -0.1) is 0 Å². The molecule has 0 radical (unpaired) electrons. The monoisotopic (exact) mass is 316 g/mol. The van der Waals surface area contributed by atoms with E-state index >= 15 is 0 Å². The zero-order chi connectivity index (χ0) is 16.7. The lowest BCUT2D eigenvalue weighted by molar-refractivity contribution is -0.275. The molecule has 0 aliphatic heterocycles. The average molecular weight is 317 g/mol. The Labute approximate surface area is 138 Å². The molecular weight excluding hydrogens is 276 g/mol. The van der Waals surface area contributed by atoms with Gasteiger partial charge in [0.05, 0.1) is 6.61 Å². The van der Waals surface area contributed by atoms with E-state index in [-0.39, 0.29) is 12.5 Å². The Balaban J connectivity index is 4.46. The van der Waals surface area contributed by atoms with Crippen LogP contribution in [0.3, 0.4) is 0 Å². The van der Waals surface area contributed by atoms with Gasteiger partial charge in [0, 0.05) is 19.1 Å². The van der Waals surface area contributed by atoms with Crippen molar-refractivity contribution in [1.82, 2.24) is 0 Å². The van der Waals surface area contributed by atoms with Gasteiger partial charge >= 0.3 is 0 Å². The van der Waals surface area contributed by atoms with E-state index in [1.807, 2.05) is 0 Å². The van der Waals surface area contributed by atoms with Gasteiger partial charge in [0.15, 0.2) is 5.79 Å². The third-order valence-electron chi connectivity index (χ3n) is 4.34. The summed E-state index contributed by atoms with van der Waals surface area (Å²) in [6.07, 6.45) is 11.4. The summed E-state index contributed by atoms with van der Waals surface area (Å²) >= 11 is 0. The van der Waals surface area contributed by atoms with Crippen LogP contribution in [0.2, 0.25) is 0 Å². The van der Waals surface area contributed by atoms with Crippen molar-refractivity contribution in [3.05, 3.63) is 0 Å². The summed E-state index contributed by atoms with van der Waals surface area (Å²) in [6, 6.07) is 0. The molecule has 22 heavy (non-hydrogen) atoms. The smallest absolute Gasteiger partial charge is 0.172 e. The highest BCUT2D eigenvalue weighted by Gasteiger charge is 2.38. The second-order valence-corrected chi connectivity index (χ2v) is 6.30. The van der Waals surface area contributed by atoms with Crippen molar-refractivity contribution in [3.8, 4) is 0 Å². The molecule has 0 fully saturated rings. The maximum absolute atomic E-state index is 9.87. The standard InChI is InChI=1S/C19H40O3/c1-5-9-10-11-12-13-14-18(17-20)19(8-4,21-15-6-2)22-16-7-3/h18,20H,5-17H2,1-4H3. The largest absolute Gasteiger partial charge is 0.396 e. The van der Waals surface area contributed by atoms with Gasteiger partial charge in [-0.3, -0.25) is 0 Å². The molecule has 0 spiro atoms. The Morgan fingerprint density at radius 2 is 1.32 bits per heavy atom. The van der Waals surface area contributed by atoms with Crippen LogP contribution in [-0.4, -0.2) is 30.7 Å². The molecule has 0 bridgehead atoms. The topological polar surface area (TPSA) is 38.7 Å². The molecule has 0 aliphatic rings. The first kappa shape index (κ1) is 21.9. The molecule has 1 N–H and O–H groups in total. The summed E-state index contributed by atoms with van der Waals surface area (Å²) in [6.45, 7) is 10.1. The fourth-order valence-corrected chi connectivity index (χ4v) is 2.94. The molecule has 1 unspecified atom stereocenters. The minimum atomic E-state index is -0.593. The van der Waals surface area contributed by atoms with Crippen molar-refractivity contribution >= 4 is 0 Å². The molecular formula is C19H40O3. The van der Waals surface area contributed by atoms with E-state index in [0.717, 1.165) is 32.1 Å². The Bertz CT molecular complexity index is 223. The van der Waals surface area contributed by atoms with Crippen LogP contribution in [0.4, 0.5) is 0 Å². The van der Waals surface area contributed by atoms with Crippen molar-refractivity contribution in [1.29, 1.82) is 0 Å². The summed E-state index contributed by atoms with van der Waals surface area (Å²) in [5.74, 6) is -0.508. The molecule has 1 atom stereocenters. The molecule has 0 aromatic carbocycles. The Morgan fingerprint density at radius 1 is 0.773 bits per heavy atom. The lowest BCUT2D eigenvalue weighted by Crippen LogP contribution is -2.45. The van der Waals surface area contributed by atoms with Crippen molar-refractivity contribution in [2.24, 2.45) is 5.92 Å². The van der Waals surface area contributed by atoms with Gasteiger partial charge in [0.25, 0.3) is 0 Å². The number of ether oxygens (including phenoxy) is 2. The van der Waals surface area contributed by atoms with Gasteiger partial charge < -0.3 is 14.6 Å². The number of hydrogen-bond donors (Lipinski definition) is 1. The van der Waals surface area contributed by atoms with E-state index in [9.17, 15) is 5.11 Å². The Morgan fingerprint density at radius 3 is 1.77 bits per heavy atom. The fraction of sp³-hybridized carbons (Fsp3) is 1.00. The van der Waals surface area contributed by atoms with Gasteiger partial charge in [0.2, 0.25) is 0 Å². The van der Waals surface area contributed by atoms with E-state index in [4.69, 9.17) is 9.47 Å². The molecule has 0 aromatic rings. The first-order valence-electron chi connectivity index (χ1n) is 9.59.